The molecule has 1 aliphatic carbocycles. The van der Waals surface area contributed by atoms with Crippen LogP contribution in [-0.4, -0.2) is 109 Å². The quantitative estimate of drug-likeness (QED) is 0.251. The summed E-state index contributed by atoms with van der Waals surface area (Å²) in [6.45, 7) is 11.9. The third-order valence-electron chi connectivity index (χ3n) is 9.90. The molecule has 1 aromatic rings. The van der Waals surface area contributed by atoms with E-state index in [1.54, 1.807) is 7.05 Å². The molecule has 1 heterocycles. The van der Waals surface area contributed by atoms with Crippen molar-refractivity contribution in [3.8, 4) is 0 Å². The van der Waals surface area contributed by atoms with Crippen LogP contribution in [0.3, 0.4) is 0 Å². The Morgan fingerprint density at radius 3 is 2.21 bits per heavy atom. The lowest BCUT2D eigenvalue weighted by Gasteiger charge is -2.47. The molecule has 6 atom stereocenters. The molecule has 0 radical (unpaired) electrons. The number of β-amino-alcohol motifs (C(OH)–C–C–N with tert-alkyl or cyclic N) is 1. The Hall–Kier alpha value is -2.70. The number of sulfone groups is 1. The van der Waals surface area contributed by atoms with E-state index in [2.05, 4.69) is 20.9 Å². The van der Waals surface area contributed by atoms with Crippen LogP contribution in [0.5, 0.6) is 0 Å². The number of carbonyl (C=O) groups is 3. The van der Waals surface area contributed by atoms with Gasteiger partial charge in [0.25, 0.3) is 0 Å². The predicted molar refractivity (Wildman–Crippen MR) is 186 cm³/mol. The molecule has 1 saturated heterocycles. The summed E-state index contributed by atoms with van der Waals surface area (Å²) in [6, 6.07) is 6.20. The van der Waals surface area contributed by atoms with E-state index in [4.69, 9.17) is 0 Å². The number of likely N-dealkylation sites (tertiary alicyclic amines) is 1. The monoisotopic (exact) mass is 677 g/mol. The Labute approximate surface area is 282 Å². The topological polar surface area (TPSA) is 148 Å². The van der Waals surface area contributed by atoms with E-state index in [-0.39, 0.29) is 18.9 Å². The summed E-state index contributed by atoms with van der Waals surface area (Å²) in [5.41, 5.74) is 0.460. The summed E-state index contributed by atoms with van der Waals surface area (Å²) in [5.74, 6) is 0.131. The molecule has 4 amide bonds. The van der Waals surface area contributed by atoms with Crippen LogP contribution < -0.4 is 16.0 Å². The smallest absolute Gasteiger partial charge is 0.317 e. The van der Waals surface area contributed by atoms with Crippen LogP contribution in [0.1, 0.15) is 85.6 Å². The van der Waals surface area contributed by atoms with E-state index in [0.29, 0.717) is 31.3 Å². The minimum Gasteiger partial charge on any atom is -0.390 e. The van der Waals surface area contributed by atoms with E-state index >= 15 is 0 Å². The number of nitrogens with zero attached hydrogens (tertiary/aromatic N) is 2. The molecule has 12 heteroatoms. The van der Waals surface area contributed by atoms with Gasteiger partial charge in [0.15, 0.2) is 9.84 Å². The van der Waals surface area contributed by atoms with Crippen LogP contribution in [-0.2, 0) is 25.8 Å². The fraction of sp³-hybridized carbons (Fsp3) is 0.743. The van der Waals surface area contributed by atoms with Crippen LogP contribution in [0, 0.1) is 11.8 Å². The maximum atomic E-state index is 14.1. The molecule has 1 saturated carbocycles. The molecule has 2 fully saturated rings. The second kappa shape index (κ2) is 16.1. The number of piperidine rings is 1. The highest BCUT2D eigenvalue weighted by Crippen LogP contribution is 2.39. The number of hydrogen-bond donors (Lipinski definition) is 4. The fourth-order valence-corrected chi connectivity index (χ4v) is 7.45. The van der Waals surface area contributed by atoms with Gasteiger partial charge in [0.05, 0.1) is 22.9 Å². The van der Waals surface area contributed by atoms with Crippen molar-refractivity contribution < 1.29 is 27.9 Å². The van der Waals surface area contributed by atoms with Gasteiger partial charge in [-0.15, -0.1) is 0 Å². The number of aliphatic hydroxyl groups is 1. The molecule has 266 valence electrons. The van der Waals surface area contributed by atoms with E-state index in [0.717, 1.165) is 37.5 Å². The van der Waals surface area contributed by atoms with Crippen molar-refractivity contribution >= 4 is 27.7 Å². The standard InChI is InChI=1S/C35H59N5O6S/c1-9-19-39(7)33(44)37-30(35(5,6)47(8,45)46)32(43)36-27(20-24-15-11-10-12-16-24)29(41)23-40-22-26-18-14-13-17-25(26)21-28(40)31(42)38-34(2,3)4/h10-12,15-16,25-30,41H,9,13-14,17-23H2,1-8H3,(H,36,43)(H,37,44)(H,38,42). The number of fused-ring (bicyclic) bond motifs is 1. The Balaban J connectivity index is 1.93. The third kappa shape index (κ3) is 10.6. The number of hydrogen-bond acceptors (Lipinski definition) is 7. The zero-order chi connectivity index (χ0) is 35.2. The van der Waals surface area contributed by atoms with Crippen LogP contribution in [0.4, 0.5) is 4.79 Å². The van der Waals surface area contributed by atoms with Crippen LogP contribution >= 0.6 is 0 Å². The maximum Gasteiger partial charge on any atom is 0.317 e. The first-order valence-corrected chi connectivity index (χ1v) is 19.0. The van der Waals surface area contributed by atoms with E-state index in [9.17, 15) is 27.9 Å². The average molecular weight is 678 g/mol. The van der Waals surface area contributed by atoms with Gasteiger partial charge in [-0.3, -0.25) is 14.5 Å². The lowest BCUT2D eigenvalue weighted by Crippen LogP contribution is -2.65. The molecule has 0 aromatic heterocycles. The first-order chi connectivity index (χ1) is 21.8. The lowest BCUT2D eigenvalue weighted by molar-refractivity contribution is -0.133. The highest BCUT2D eigenvalue weighted by molar-refractivity contribution is 7.92. The van der Waals surface area contributed by atoms with Crippen molar-refractivity contribution in [1.82, 2.24) is 25.8 Å². The minimum absolute atomic E-state index is 0.0637. The summed E-state index contributed by atoms with van der Waals surface area (Å²) in [4.78, 5) is 44.2. The molecular formula is C35H59N5O6S. The summed E-state index contributed by atoms with van der Waals surface area (Å²) in [5, 5.41) is 20.6. The number of aliphatic hydroxyl groups excluding tert-OH is 1. The second-order valence-corrected chi connectivity index (χ2v) is 17.9. The van der Waals surface area contributed by atoms with Gasteiger partial charge in [0.1, 0.15) is 6.04 Å². The summed E-state index contributed by atoms with van der Waals surface area (Å²) >= 11 is 0. The molecule has 2 aliphatic rings. The SMILES string of the molecule is CCCN(C)C(=O)NC(C(=O)NC(Cc1ccccc1)C(O)CN1CC2CCCCC2CC1C(=O)NC(C)(C)C)C(C)(C)S(C)(=O)=O. The van der Waals surface area contributed by atoms with Crippen LogP contribution in [0.2, 0.25) is 0 Å². The molecule has 0 spiro atoms. The van der Waals surface area contributed by atoms with Gasteiger partial charge in [-0.2, -0.15) is 0 Å². The molecule has 1 aliphatic heterocycles. The Morgan fingerprint density at radius 2 is 1.64 bits per heavy atom. The molecule has 3 rings (SSSR count). The van der Waals surface area contributed by atoms with Crippen LogP contribution in [0.25, 0.3) is 0 Å². The van der Waals surface area contributed by atoms with Crippen molar-refractivity contribution in [2.75, 3.05) is 32.9 Å². The molecule has 4 N–H and O–H groups in total. The van der Waals surface area contributed by atoms with Crippen molar-refractivity contribution in [2.45, 2.75) is 121 Å². The fourth-order valence-electron chi connectivity index (χ4n) is 6.85. The highest BCUT2D eigenvalue weighted by atomic mass is 32.2. The van der Waals surface area contributed by atoms with Gasteiger partial charge in [-0.1, -0.05) is 56.5 Å². The number of amides is 4. The Kier molecular flexibility index (Phi) is 13.3. The Morgan fingerprint density at radius 1 is 1.02 bits per heavy atom. The average Bonchev–Trinajstić information content (AvgIpc) is 2.98. The largest absolute Gasteiger partial charge is 0.390 e. The van der Waals surface area contributed by atoms with Gasteiger partial charge in [0.2, 0.25) is 11.8 Å². The highest BCUT2D eigenvalue weighted by Gasteiger charge is 2.46. The number of carbonyl (C=O) groups excluding carboxylic acids is 3. The summed E-state index contributed by atoms with van der Waals surface area (Å²) in [7, 11) is -2.23. The molecule has 6 unspecified atom stereocenters. The van der Waals surface area contributed by atoms with Gasteiger partial charge < -0.3 is 26.0 Å². The molecule has 47 heavy (non-hydrogen) atoms. The van der Waals surface area contributed by atoms with E-state index < -0.39 is 56.3 Å². The molecule has 0 bridgehead atoms. The molecular weight excluding hydrogens is 618 g/mol. The van der Waals surface area contributed by atoms with E-state index in [1.165, 1.54) is 25.2 Å². The third-order valence-corrected chi connectivity index (χ3v) is 12.0. The van der Waals surface area contributed by atoms with Crippen molar-refractivity contribution in [2.24, 2.45) is 11.8 Å². The first kappa shape index (κ1) is 38.7. The van der Waals surface area contributed by atoms with Gasteiger partial charge in [0, 0.05) is 38.5 Å². The van der Waals surface area contributed by atoms with Crippen molar-refractivity contribution in [1.29, 1.82) is 0 Å². The van der Waals surface area contributed by atoms with Crippen molar-refractivity contribution in [3.05, 3.63) is 35.9 Å². The van der Waals surface area contributed by atoms with Crippen molar-refractivity contribution in [3.63, 3.8) is 0 Å². The lowest BCUT2D eigenvalue weighted by atomic mass is 9.72. The zero-order valence-corrected chi connectivity index (χ0v) is 30.5. The first-order valence-electron chi connectivity index (χ1n) is 17.1. The van der Waals surface area contributed by atoms with Gasteiger partial charge in [-0.25, -0.2) is 13.2 Å². The van der Waals surface area contributed by atoms with Gasteiger partial charge >= 0.3 is 6.03 Å². The predicted octanol–water partition coefficient (Wildman–Crippen LogP) is 3.11. The second-order valence-electron chi connectivity index (χ2n) is 15.3. The summed E-state index contributed by atoms with van der Waals surface area (Å²) < 4.78 is 24.2. The number of benzene rings is 1. The summed E-state index contributed by atoms with van der Waals surface area (Å²) in [6.07, 6.45) is 6.13. The Bertz CT molecular complexity index is 1320. The maximum absolute atomic E-state index is 14.1. The normalized spacial score (nSPS) is 22.7. The van der Waals surface area contributed by atoms with E-state index in [1.807, 2.05) is 58.0 Å². The zero-order valence-electron chi connectivity index (χ0n) is 29.7. The molecule has 1 aromatic carbocycles. The number of urea groups is 1. The number of nitrogens with one attached hydrogen (secondary N) is 3. The minimum atomic E-state index is -3.82. The van der Waals surface area contributed by atoms with Crippen LogP contribution in [0.15, 0.2) is 30.3 Å². The van der Waals surface area contributed by atoms with Gasteiger partial charge in [-0.05, 0) is 77.7 Å². The number of rotatable bonds is 13. The molecule has 11 nitrogen and oxygen atoms in total.